The van der Waals surface area contributed by atoms with Crippen molar-refractivity contribution in [2.24, 2.45) is 0 Å². The molecular weight excluding hydrogens is 839 g/mol. The molecule has 6 heteroatoms. The molecule has 0 aromatic heterocycles. The molecule has 0 aliphatic rings. The molecule has 68 heavy (non-hydrogen) atoms. The Bertz CT molecular complexity index is 1020. The van der Waals surface area contributed by atoms with Crippen LogP contribution in [0.1, 0.15) is 348 Å². The van der Waals surface area contributed by atoms with Crippen LogP contribution in [0.25, 0.3) is 0 Å². The Morgan fingerprint density at radius 1 is 0.397 bits per heavy atom. The zero-order chi connectivity index (χ0) is 49.3. The predicted molar refractivity (Wildman–Crippen MR) is 297 cm³/mol. The molecule has 0 saturated carbocycles. The molecule has 0 aliphatic heterocycles. The van der Waals surface area contributed by atoms with Crippen molar-refractivity contribution in [1.29, 1.82) is 0 Å². The summed E-state index contributed by atoms with van der Waals surface area (Å²) in [4.78, 5) is 24.6. The van der Waals surface area contributed by atoms with E-state index in [0.29, 0.717) is 19.4 Å². The highest BCUT2D eigenvalue weighted by Crippen LogP contribution is 2.18. The summed E-state index contributed by atoms with van der Waals surface area (Å²) in [5, 5.41) is 23.2. The van der Waals surface area contributed by atoms with Gasteiger partial charge in [-0.3, -0.25) is 9.59 Å². The van der Waals surface area contributed by atoms with E-state index in [2.05, 4.69) is 19.2 Å². The van der Waals surface area contributed by atoms with E-state index >= 15 is 0 Å². The number of ether oxygens (including phenoxy) is 1. The van der Waals surface area contributed by atoms with Crippen LogP contribution >= 0.6 is 0 Å². The number of rotatable bonds is 58. The van der Waals surface area contributed by atoms with E-state index in [9.17, 15) is 19.8 Å². The third kappa shape index (κ3) is 53.9. The summed E-state index contributed by atoms with van der Waals surface area (Å²) in [6.07, 6.45) is 69.5. The Kier molecular flexibility index (Phi) is 57.0. The molecule has 0 fully saturated rings. The maximum atomic E-state index is 12.5. The molecule has 0 rings (SSSR count). The Labute approximate surface area is 425 Å². The zero-order valence-electron chi connectivity index (χ0n) is 46.1. The highest BCUT2D eigenvalue weighted by atomic mass is 16.5. The van der Waals surface area contributed by atoms with Crippen LogP contribution in [-0.4, -0.2) is 47.4 Å². The highest BCUT2D eigenvalue weighted by molar-refractivity contribution is 5.76. The molecule has 2 unspecified atom stereocenters. The maximum absolute atomic E-state index is 12.5. The molecule has 0 aromatic carbocycles. The topological polar surface area (TPSA) is 95.9 Å². The fraction of sp³-hybridized carbons (Fsp3) is 0.935. The normalized spacial score (nSPS) is 12.6. The van der Waals surface area contributed by atoms with Crippen LogP contribution < -0.4 is 5.32 Å². The minimum absolute atomic E-state index is 0.00144. The highest BCUT2D eigenvalue weighted by Gasteiger charge is 2.18. The van der Waals surface area contributed by atoms with E-state index < -0.39 is 12.1 Å². The van der Waals surface area contributed by atoms with Gasteiger partial charge in [0, 0.05) is 12.8 Å². The molecule has 0 radical (unpaired) electrons. The van der Waals surface area contributed by atoms with Gasteiger partial charge in [-0.25, -0.2) is 0 Å². The average molecular weight is 961 g/mol. The number of amides is 1. The molecule has 3 N–H and O–H groups in total. The lowest BCUT2D eigenvalue weighted by molar-refractivity contribution is -0.143. The molecule has 0 aliphatic carbocycles. The number of aliphatic hydroxyl groups is 2. The van der Waals surface area contributed by atoms with Gasteiger partial charge in [-0.05, 0) is 32.1 Å². The average Bonchev–Trinajstić information content (AvgIpc) is 3.34. The molecule has 0 aromatic rings. The van der Waals surface area contributed by atoms with Crippen LogP contribution in [0.5, 0.6) is 0 Å². The van der Waals surface area contributed by atoms with Crippen molar-refractivity contribution in [3.05, 3.63) is 12.2 Å². The lowest BCUT2D eigenvalue weighted by Gasteiger charge is -2.20. The number of nitrogens with one attached hydrogen (secondary N) is 1. The van der Waals surface area contributed by atoms with Crippen molar-refractivity contribution in [1.82, 2.24) is 5.32 Å². The largest absolute Gasteiger partial charge is 0.466 e. The van der Waals surface area contributed by atoms with Crippen LogP contribution in [0.15, 0.2) is 12.2 Å². The van der Waals surface area contributed by atoms with Crippen LogP contribution in [-0.2, 0) is 14.3 Å². The van der Waals surface area contributed by atoms with Crippen LogP contribution in [0, 0.1) is 0 Å². The SMILES string of the molecule is CCCCCCCCCCCCCCCCCCCC/C=C/C(O)C(CO)NC(=O)CCCCCCCCCCCCCCCOC(=O)CCCCCCCCCCCCCCCCCCCC. The van der Waals surface area contributed by atoms with E-state index in [-0.39, 0.29) is 18.5 Å². The first-order valence-electron chi connectivity index (χ1n) is 31.0. The third-order valence-corrected chi connectivity index (χ3v) is 14.6. The van der Waals surface area contributed by atoms with Gasteiger partial charge >= 0.3 is 5.97 Å². The van der Waals surface area contributed by atoms with Crippen LogP contribution in [0.3, 0.4) is 0 Å². The number of carbonyl (C=O) groups excluding carboxylic acids is 2. The van der Waals surface area contributed by atoms with E-state index in [1.54, 1.807) is 6.08 Å². The van der Waals surface area contributed by atoms with Crippen LogP contribution in [0.2, 0.25) is 0 Å². The molecule has 0 saturated heterocycles. The number of esters is 1. The Morgan fingerprint density at radius 3 is 1.00 bits per heavy atom. The number of hydrogen-bond donors (Lipinski definition) is 3. The van der Waals surface area contributed by atoms with Crippen LogP contribution in [0.4, 0.5) is 0 Å². The summed E-state index contributed by atoms with van der Waals surface area (Å²) in [7, 11) is 0. The Balaban J connectivity index is 3.45. The van der Waals surface area contributed by atoms with Gasteiger partial charge in [-0.2, -0.15) is 0 Å². The Hall–Kier alpha value is -1.40. The van der Waals surface area contributed by atoms with E-state index in [4.69, 9.17) is 4.74 Å². The van der Waals surface area contributed by atoms with Gasteiger partial charge in [-0.15, -0.1) is 0 Å². The molecule has 1 amide bonds. The fourth-order valence-corrected chi connectivity index (χ4v) is 9.81. The number of hydrogen-bond acceptors (Lipinski definition) is 5. The van der Waals surface area contributed by atoms with Gasteiger partial charge in [-0.1, -0.05) is 315 Å². The summed E-state index contributed by atoms with van der Waals surface area (Å²) in [6.45, 7) is 4.91. The van der Waals surface area contributed by atoms with Crippen molar-refractivity contribution < 1.29 is 24.5 Å². The zero-order valence-corrected chi connectivity index (χ0v) is 46.1. The summed E-state index contributed by atoms with van der Waals surface area (Å²) >= 11 is 0. The van der Waals surface area contributed by atoms with E-state index in [1.807, 2.05) is 6.08 Å². The molecule has 6 nitrogen and oxygen atoms in total. The van der Waals surface area contributed by atoms with Gasteiger partial charge in [0.05, 0.1) is 25.4 Å². The Morgan fingerprint density at radius 2 is 0.676 bits per heavy atom. The molecule has 0 spiro atoms. The second-order valence-electron chi connectivity index (χ2n) is 21.4. The lowest BCUT2D eigenvalue weighted by Crippen LogP contribution is -2.45. The number of allylic oxidation sites excluding steroid dienone is 1. The first-order chi connectivity index (χ1) is 33.5. The van der Waals surface area contributed by atoms with Crippen molar-refractivity contribution in [3.63, 3.8) is 0 Å². The first kappa shape index (κ1) is 66.6. The third-order valence-electron chi connectivity index (χ3n) is 14.6. The van der Waals surface area contributed by atoms with E-state index in [0.717, 1.165) is 57.8 Å². The first-order valence-corrected chi connectivity index (χ1v) is 31.0. The number of aliphatic hydroxyl groups excluding tert-OH is 2. The summed E-state index contributed by atoms with van der Waals surface area (Å²) in [5.41, 5.74) is 0. The van der Waals surface area contributed by atoms with Crippen molar-refractivity contribution in [2.75, 3.05) is 13.2 Å². The molecule has 0 heterocycles. The minimum atomic E-state index is -0.853. The number of carbonyl (C=O) groups is 2. The van der Waals surface area contributed by atoms with Crippen molar-refractivity contribution in [2.45, 2.75) is 360 Å². The molecule has 2 atom stereocenters. The molecular formula is C62H121NO5. The smallest absolute Gasteiger partial charge is 0.305 e. The monoisotopic (exact) mass is 960 g/mol. The van der Waals surface area contributed by atoms with Gasteiger partial charge in [0.25, 0.3) is 0 Å². The van der Waals surface area contributed by atoms with E-state index in [1.165, 1.54) is 263 Å². The molecule has 404 valence electrons. The predicted octanol–water partition coefficient (Wildman–Crippen LogP) is 19.2. The van der Waals surface area contributed by atoms with Gasteiger partial charge in [0.2, 0.25) is 5.91 Å². The van der Waals surface area contributed by atoms with Gasteiger partial charge < -0.3 is 20.3 Å². The maximum Gasteiger partial charge on any atom is 0.305 e. The quantitative estimate of drug-likeness (QED) is 0.0321. The lowest BCUT2D eigenvalue weighted by atomic mass is 10.0. The second kappa shape index (κ2) is 58.2. The van der Waals surface area contributed by atoms with Gasteiger partial charge in [0.1, 0.15) is 0 Å². The summed E-state index contributed by atoms with van der Waals surface area (Å²) < 4.78 is 5.49. The molecule has 0 bridgehead atoms. The number of unbranched alkanes of at least 4 members (excludes halogenated alkanes) is 47. The van der Waals surface area contributed by atoms with Gasteiger partial charge in [0.15, 0.2) is 0 Å². The second-order valence-corrected chi connectivity index (χ2v) is 21.4. The van der Waals surface area contributed by atoms with Crippen molar-refractivity contribution in [3.8, 4) is 0 Å². The summed E-state index contributed by atoms with van der Waals surface area (Å²) in [5.74, 6) is -0.0782. The minimum Gasteiger partial charge on any atom is -0.466 e. The van der Waals surface area contributed by atoms with Crippen molar-refractivity contribution >= 4 is 11.9 Å². The summed E-state index contributed by atoms with van der Waals surface area (Å²) in [6, 6.07) is -0.637. The fourth-order valence-electron chi connectivity index (χ4n) is 9.81. The standard InChI is InChI=1S/C62H121NO5/c1-3-5-7-9-11-13-15-17-19-21-23-24-25-27-30-34-38-42-46-50-54-60(65)59(58-64)63-61(66)55-51-47-43-39-35-31-29-33-37-41-45-49-53-57-68-62(67)56-52-48-44-40-36-32-28-26-22-20-18-16-14-12-10-8-6-4-2/h50,54,59-60,64-65H,3-49,51-53,55-58H2,1-2H3,(H,63,66)/b54-50+.